The van der Waals surface area contributed by atoms with Gasteiger partial charge in [0.1, 0.15) is 0 Å². The van der Waals surface area contributed by atoms with Gasteiger partial charge in [-0.15, -0.1) is 22.7 Å². The Balaban J connectivity index is 1.05. The van der Waals surface area contributed by atoms with Gasteiger partial charge in [-0.3, -0.25) is 0 Å². The lowest BCUT2D eigenvalue weighted by molar-refractivity contribution is 1.16. The molecule has 310 valence electrons. The van der Waals surface area contributed by atoms with Crippen molar-refractivity contribution in [1.82, 2.24) is 13.7 Å². The summed E-state index contributed by atoms with van der Waals surface area (Å²) in [6.07, 6.45) is 0. The van der Waals surface area contributed by atoms with Crippen LogP contribution in [-0.4, -0.2) is 13.7 Å². The lowest BCUT2D eigenvalue weighted by Crippen LogP contribution is -1.96. The van der Waals surface area contributed by atoms with Crippen LogP contribution in [0.5, 0.6) is 0 Å². The number of aromatic nitrogens is 3. The number of hydrogen-bond acceptors (Lipinski definition) is 2. The van der Waals surface area contributed by atoms with Crippen molar-refractivity contribution in [2.24, 2.45) is 0 Å². The molecule has 0 saturated carbocycles. The molecule has 0 saturated heterocycles. The molecule has 0 aliphatic rings. The van der Waals surface area contributed by atoms with Gasteiger partial charge in [0.25, 0.3) is 0 Å². The molecule has 5 heterocycles. The zero-order valence-corrected chi connectivity index (χ0v) is 37.5. The van der Waals surface area contributed by atoms with Gasteiger partial charge in [-0.1, -0.05) is 140 Å². The third kappa shape index (κ3) is 4.69. The first-order valence-corrected chi connectivity index (χ1v) is 24.6. The summed E-state index contributed by atoms with van der Waals surface area (Å²) >= 11 is 3.83. The van der Waals surface area contributed by atoms with Crippen LogP contribution in [0.3, 0.4) is 0 Å². The summed E-state index contributed by atoms with van der Waals surface area (Å²) in [6.45, 7) is 0. The Bertz CT molecular complexity index is 4520. The third-order valence-electron chi connectivity index (χ3n) is 14.6. The lowest BCUT2D eigenvalue weighted by atomic mass is 9.99. The second kappa shape index (κ2) is 13.2. The van der Waals surface area contributed by atoms with Gasteiger partial charge < -0.3 is 13.7 Å². The minimum Gasteiger partial charge on any atom is -0.309 e. The number of nitrogens with zero attached hydrogens (tertiary/aromatic N) is 3. The summed E-state index contributed by atoms with van der Waals surface area (Å²) in [7, 11) is 0. The average molecular weight is 886 g/mol. The molecule has 0 aliphatic carbocycles. The van der Waals surface area contributed by atoms with Crippen molar-refractivity contribution < 1.29 is 0 Å². The Hall–Kier alpha value is -8.22. The number of rotatable bonds is 3. The van der Waals surface area contributed by atoms with E-state index < -0.39 is 0 Å². The highest BCUT2D eigenvalue weighted by Crippen LogP contribution is 2.50. The van der Waals surface area contributed by atoms with E-state index in [2.05, 4.69) is 226 Å². The first-order chi connectivity index (χ1) is 33.3. The molecule has 0 radical (unpaired) electrons. The van der Waals surface area contributed by atoms with Crippen LogP contribution >= 0.6 is 22.7 Å². The highest BCUT2D eigenvalue weighted by molar-refractivity contribution is 7.27. The largest absolute Gasteiger partial charge is 0.309 e. The van der Waals surface area contributed by atoms with Gasteiger partial charge in [0.15, 0.2) is 0 Å². The molecule has 0 N–H and O–H groups in total. The number of para-hydroxylation sites is 3. The predicted octanol–water partition coefficient (Wildman–Crippen LogP) is 18.0. The highest BCUT2D eigenvalue weighted by atomic mass is 32.1. The van der Waals surface area contributed by atoms with Crippen molar-refractivity contribution in [2.75, 3.05) is 0 Å². The van der Waals surface area contributed by atoms with Crippen LogP contribution in [-0.2, 0) is 0 Å². The molecule has 5 heteroatoms. The van der Waals surface area contributed by atoms with E-state index >= 15 is 0 Å². The normalized spacial score (nSPS) is 12.5. The predicted molar refractivity (Wildman–Crippen MR) is 290 cm³/mol. The summed E-state index contributed by atoms with van der Waals surface area (Å²) in [5.41, 5.74) is 10.8. The molecule has 0 spiro atoms. The molecule has 0 aliphatic heterocycles. The number of fused-ring (bicyclic) bond motifs is 23. The van der Waals surface area contributed by atoms with Crippen molar-refractivity contribution in [3.8, 4) is 17.1 Å². The van der Waals surface area contributed by atoms with Crippen molar-refractivity contribution in [3.05, 3.63) is 212 Å². The second-order valence-electron chi connectivity index (χ2n) is 17.9. The topological polar surface area (TPSA) is 14.8 Å². The minimum absolute atomic E-state index is 1.15. The maximum absolute atomic E-state index is 2.56. The maximum Gasteiger partial charge on any atom is 0.0726 e. The van der Waals surface area contributed by atoms with E-state index in [1.807, 2.05) is 22.7 Å². The molecular weight excluding hydrogens is 851 g/mol. The Labute approximate surface area is 390 Å². The molecule has 0 amide bonds. The SMILES string of the molecule is c1ccc(-n2c3ccc(-n4c5ccccc5c5c6ccccc6c6c7ccccc7sc6c54)cc3c3cc(-n4c5ccccc5c5c6ccccc6c6c7ccccc7sc6c54)ccc32)cc1. The smallest absolute Gasteiger partial charge is 0.0726 e. The highest BCUT2D eigenvalue weighted by Gasteiger charge is 2.25. The molecule has 0 fully saturated rings. The van der Waals surface area contributed by atoms with Crippen LogP contribution in [0.25, 0.3) is 144 Å². The van der Waals surface area contributed by atoms with Crippen molar-refractivity contribution >= 4 is 150 Å². The maximum atomic E-state index is 2.56. The molecule has 0 atom stereocenters. The molecule has 16 aromatic rings. The second-order valence-corrected chi connectivity index (χ2v) is 20.0. The van der Waals surface area contributed by atoms with Gasteiger partial charge in [-0.05, 0) is 94.3 Å². The average Bonchev–Trinajstić information content (AvgIpc) is 4.20. The van der Waals surface area contributed by atoms with Gasteiger partial charge in [-0.2, -0.15) is 0 Å². The Morgan fingerprint density at radius 3 is 1.06 bits per heavy atom. The van der Waals surface area contributed by atoms with Crippen molar-refractivity contribution in [2.45, 2.75) is 0 Å². The Morgan fingerprint density at radius 1 is 0.239 bits per heavy atom. The molecule has 0 unspecified atom stereocenters. The lowest BCUT2D eigenvalue weighted by Gasteiger charge is -2.11. The molecule has 16 rings (SSSR count). The molecular formula is C62H35N3S2. The van der Waals surface area contributed by atoms with Gasteiger partial charge >= 0.3 is 0 Å². The summed E-state index contributed by atoms with van der Waals surface area (Å²) in [5, 5.41) is 18.1. The first kappa shape index (κ1) is 36.1. The quantitative estimate of drug-likeness (QED) is 0.168. The van der Waals surface area contributed by atoms with E-state index in [4.69, 9.17) is 0 Å². The third-order valence-corrected chi connectivity index (χ3v) is 16.9. The van der Waals surface area contributed by atoms with E-state index in [-0.39, 0.29) is 0 Å². The fourth-order valence-electron chi connectivity index (χ4n) is 11.9. The van der Waals surface area contributed by atoms with Gasteiger partial charge in [0.05, 0.1) is 42.5 Å². The summed E-state index contributed by atoms with van der Waals surface area (Å²) in [4.78, 5) is 0. The fourth-order valence-corrected chi connectivity index (χ4v) is 14.4. The fraction of sp³-hybridized carbons (Fsp3) is 0. The van der Waals surface area contributed by atoms with Crippen LogP contribution < -0.4 is 0 Å². The first-order valence-electron chi connectivity index (χ1n) is 22.9. The number of hydrogen-bond donors (Lipinski definition) is 0. The summed E-state index contributed by atoms with van der Waals surface area (Å²) < 4.78 is 12.8. The molecule has 3 nitrogen and oxygen atoms in total. The number of thiophene rings is 2. The molecule has 11 aromatic carbocycles. The van der Waals surface area contributed by atoms with Crippen molar-refractivity contribution in [3.63, 3.8) is 0 Å². The number of benzene rings is 11. The van der Waals surface area contributed by atoms with E-state index in [0.29, 0.717) is 0 Å². The van der Waals surface area contributed by atoms with Crippen LogP contribution in [0.4, 0.5) is 0 Å². The van der Waals surface area contributed by atoms with E-state index in [1.165, 1.54) is 127 Å². The van der Waals surface area contributed by atoms with Gasteiger partial charge in [-0.25, -0.2) is 0 Å². The molecule has 67 heavy (non-hydrogen) atoms. The molecule has 5 aromatic heterocycles. The van der Waals surface area contributed by atoms with E-state index in [1.54, 1.807) is 0 Å². The van der Waals surface area contributed by atoms with Crippen LogP contribution in [0.2, 0.25) is 0 Å². The van der Waals surface area contributed by atoms with E-state index in [9.17, 15) is 0 Å². The summed E-state index contributed by atoms with van der Waals surface area (Å²) in [6, 6.07) is 79.1. The van der Waals surface area contributed by atoms with Gasteiger partial charge in [0.2, 0.25) is 0 Å². The van der Waals surface area contributed by atoms with E-state index in [0.717, 1.165) is 17.1 Å². The van der Waals surface area contributed by atoms with Gasteiger partial charge in [0, 0.05) is 80.3 Å². The standard InChI is InChI=1S/C62H35N3S2/c1-2-16-36(17-3-1)63-51-32-30-37(64-49-26-12-8-22-43(49)55-39-18-4-6-20-41(39)57-45-24-10-14-28-53(45)66-61(57)59(55)64)34-47(51)48-35-38(31-33-52(48)63)65-50-27-13-9-23-44(50)56-40-19-5-7-21-42(40)58-46-25-11-15-29-54(46)67-62(58)60(56)65/h1-35H. The zero-order valence-electron chi connectivity index (χ0n) is 35.9. The molecule has 0 bridgehead atoms. The monoisotopic (exact) mass is 885 g/mol. The van der Waals surface area contributed by atoms with Crippen LogP contribution in [0.15, 0.2) is 212 Å². The van der Waals surface area contributed by atoms with Crippen LogP contribution in [0, 0.1) is 0 Å². The Morgan fingerprint density at radius 2 is 0.597 bits per heavy atom. The van der Waals surface area contributed by atoms with Crippen molar-refractivity contribution in [1.29, 1.82) is 0 Å². The van der Waals surface area contributed by atoms with Crippen LogP contribution in [0.1, 0.15) is 0 Å². The minimum atomic E-state index is 1.15. The zero-order chi connectivity index (χ0) is 43.5. The Kier molecular flexibility index (Phi) is 7.10. The summed E-state index contributed by atoms with van der Waals surface area (Å²) in [5.74, 6) is 0.